The van der Waals surface area contributed by atoms with Crippen LogP contribution in [0.5, 0.6) is 0 Å². The molecular formula is C73H133N9O35. The summed E-state index contributed by atoms with van der Waals surface area (Å²) < 4.78 is 70.1. The molecule has 3 saturated heterocycles. The quantitative estimate of drug-likeness (QED) is 0.0251. The standard InChI is InChI=1S/C73H133N9O35/c1-105-43-47(39-83)12-4-8-20-74-56(90)36-48(14-16-54(88)78-22-28-107-30-33-109-44-59(93)75-18-6-2-9-24-112-71-68(102)65(99)62(96)50(40-84)115-71)81-57(91)37-49(15-17-55(89)79-23-29-108-31-34-110-45-60(94)76-19-7-3-10-25-113-72-69(103)66(100)63(97)51(41-85)116-72)82-58(92)38-80-61(95)46-111-35-32-106-27-21-77-53(87)13-5-11-26-114-73-70(104)67(101)64(98)52(42-86)117-73/h47-52,62-73,83-86,96-104H,2-46H2,1H3,(H,74,90)(H,75,93)(H,76,94)(H,77,87)(H,78,88)(H,79,89)(H,80,95)(H,81,91)(H,82,92)/t47?,48-,49-,50?,51?,52?,62+,63+,64+,65-,66-,67-,68?,69?,70?,71+,72+,73+/m0/s1. The van der Waals surface area contributed by atoms with Crippen molar-refractivity contribution in [1.82, 2.24) is 47.9 Å². The van der Waals surface area contributed by atoms with Crippen molar-refractivity contribution in [2.75, 3.05) is 185 Å². The molecule has 22 N–H and O–H groups in total. The molecule has 680 valence electrons. The Balaban J connectivity index is 1.46. The third kappa shape index (κ3) is 47.3. The first kappa shape index (κ1) is 105. The van der Waals surface area contributed by atoms with Crippen molar-refractivity contribution in [2.24, 2.45) is 5.92 Å². The summed E-state index contributed by atoms with van der Waals surface area (Å²) in [6.07, 6.45) is -15.5. The van der Waals surface area contributed by atoms with E-state index in [9.17, 15) is 110 Å². The summed E-state index contributed by atoms with van der Waals surface area (Å²) in [5.41, 5.74) is 0. The van der Waals surface area contributed by atoms with Gasteiger partial charge in [-0.15, -0.1) is 0 Å². The number of aliphatic hydroxyl groups is 13. The second-order valence-corrected chi connectivity index (χ2v) is 28.2. The lowest BCUT2D eigenvalue weighted by Gasteiger charge is -2.39. The van der Waals surface area contributed by atoms with Crippen LogP contribution in [0.2, 0.25) is 0 Å². The molecule has 0 aliphatic carbocycles. The maximum Gasteiger partial charge on any atom is 0.246 e. The van der Waals surface area contributed by atoms with E-state index < -0.39 is 179 Å². The second kappa shape index (κ2) is 65.0. The van der Waals surface area contributed by atoms with E-state index in [1.807, 2.05) is 0 Å². The van der Waals surface area contributed by atoms with Crippen LogP contribution in [0.1, 0.15) is 116 Å². The lowest BCUT2D eigenvalue weighted by Crippen LogP contribution is -2.59. The van der Waals surface area contributed by atoms with Gasteiger partial charge in [0, 0.05) is 123 Å². The number of hydrogen-bond acceptors (Lipinski definition) is 35. The van der Waals surface area contributed by atoms with Gasteiger partial charge in [-0.2, -0.15) is 0 Å². The van der Waals surface area contributed by atoms with Gasteiger partial charge >= 0.3 is 0 Å². The van der Waals surface area contributed by atoms with Crippen LogP contribution in [0.4, 0.5) is 0 Å². The average molecular weight is 1700 g/mol. The molecule has 3 fully saturated rings. The Labute approximate surface area is 680 Å². The third-order valence-corrected chi connectivity index (χ3v) is 18.5. The normalized spacial score (nSPS) is 24.0. The molecule has 3 aliphatic heterocycles. The first-order valence-corrected chi connectivity index (χ1v) is 40.1. The molecule has 0 bridgehead atoms. The van der Waals surface area contributed by atoms with Crippen molar-refractivity contribution in [3.63, 3.8) is 0 Å². The molecule has 3 rings (SSSR count). The van der Waals surface area contributed by atoms with Crippen LogP contribution in [0.3, 0.4) is 0 Å². The Morgan fingerprint density at radius 2 is 0.658 bits per heavy atom. The monoisotopic (exact) mass is 1700 g/mol. The van der Waals surface area contributed by atoms with E-state index in [1.54, 1.807) is 0 Å². The highest BCUT2D eigenvalue weighted by Gasteiger charge is 2.46. The van der Waals surface area contributed by atoms with Gasteiger partial charge in [0.1, 0.15) is 93.1 Å². The van der Waals surface area contributed by atoms with E-state index in [-0.39, 0.29) is 187 Å². The van der Waals surface area contributed by atoms with Gasteiger partial charge < -0.3 is 176 Å². The van der Waals surface area contributed by atoms with E-state index in [0.717, 1.165) is 0 Å². The molecule has 44 heteroatoms. The molecule has 0 aromatic rings. The largest absolute Gasteiger partial charge is 0.396 e. The summed E-state index contributed by atoms with van der Waals surface area (Å²) in [6, 6.07) is -1.92. The number of nitrogens with one attached hydrogen (secondary N) is 9. The minimum atomic E-state index is -1.57. The number of methoxy groups -OCH3 is 1. The van der Waals surface area contributed by atoms with Gasteiger partial charge in [-0.25, -0.2) is 0 Å². The fraction of sp³-hybridized carbons (Fsp3) is 0.877. The smallest absolute Gasteiger partial charge is 0.246 e. The molecular weight excluding hydrogens is 1560 g/mol. The van der Waals surface area contributed by atoms with Crippen LogP contribution in [-0.4, -0.2) is 409 Å². The third-order valence-electron chi connectivity index (χ3n) is 18.5. The lowest BCUT2D eigenvalue weighted by molar-refractivity contribution is -0.301. The summed E-state index contributed by atoms with van der Waals surface area (Å²) in [6.45, 7) is -0.796. The summed E-state index contributed by atoms with van der Waals surface area (Å²) in [5, 5.41) is 152. The molecule has 0 aromatic heterocycles. The fourth-order valence-electron chi connectivity index (χ4n) is 11.8. The molecule has 44 nitrogen and oxygen atoms in total. The van der Waals surface area contributed by atoms with Crippen LogP contribution < -0.4 is 47.9 Å². The van der Waals surface area contributed by atoms with Crippen LogP contribution in [-0.2, 0) is 105 Å². The number of rotatable bonds is 69. The van der Waals surface area contributed by atoms with Crippen LogP contribution >= 0.6 is 0 Å². The van der Waals surface area contributed by atoms with E-state index in [2.05, 4.69) is 47.9 Å². The lowest BCUT2D eigenvalue weighted by atomic mass is 9.99. The van der Waals surface area contributed by atoms with Gasteiger partial charge in [-0.05, 0) is 77.0 Å². The molecule has 117 heavy (non-hydrogen) atoms. The van der Waals surface area contributed by atoms with Gasteiger partial charge in [0.25, 0.3) is 0 Å². The number of carbonyl (C=O) groups excluding carboxylic acids is 9. The van der Waals surface area contributed by atoms with Crippen molar-refractivity contribution in [3.8, 4) is 0 Å². The Morgan fingerprint density at radius 1 is 0.316 bits per heavy atom. The van der Waals surface area contributed by atoms with E-state index >= 15 is 0 Å². The Hall–Kier alpha value is -5.81. The molecule has 9 amide bonds. The summed E-state index contributed by atoms with van der Waals surface area (Å²) >= 11 is 0. The maximum atomic E-state index is 13.9. The summed E-state index contributed by atoms with van der Waals surface area (Å²) in [4.78, 5) is 117. The first-order chi connectivity index (χ1) is 56.3. The Bertz CT molecular complexity index is 2710. The van der Waals surface area contributed by atoms with Crippen molar-refractivity contribution in [2.45, 2.75) is 220 Å². The van der Waals surface area contributed by atoms with E-state index in [1.165, 1.54) is 7.11 Å². The zero-order valence-corrected chi connectivity index (χ0v) is 67.0. The van der Waals surface area contributed by atoms with E-state index in [0.29, 0.717) is 90.3 Å². The highest BCUT2D eigenvalue weighted by molar-refractivity contribution is 5.86. The Kier molecular flexibility index (Phi) is 58.5. The number of ether oxygens (including phenoxy) is 13. The SMILES string of the molecule is COCC(CO)CCCCNC(=O)C[C@H](CCC(=O)NCCOCCOCC(=O)NCCCCCO[C@@H]1OC(CO)[C@@H](O)[C@H](O)C1O)NC(=O)C[C@H](CCC(=O)NCCOCCOCC(=O)NCCCCCO[C@@H]1OC(CO)[C@@H](O)[C@H](O)C1O)NC(=O)CNC(=O)COCCOCCNC(=O)CCCCO[C@@H]1OC(CO)[C@@H](O)[C@H](O)C1O. The van der Waals surface area contributed by atoms with Crippen LogP contribution in [0, 0.1) is 5.92 Å². The molecule has 0 saturated carbocycles. The molecule has 0 radical (unpaired) electrons. The van der Waals surface area contributed by atoms with Gasteiger partial charge in [0.2, 0.25) is 53.2 Å². The zero-order chi connectivity index (χ0) is 86.0. The number of aliphatic hydroxyl groups excluding tert-OH is 13. The Morgan fingerprint density at radius 3 is 1.05 bits per heavy atom. The molecule has 7 unspecified atom stereocenters. The molecule has 3 heterocycles. The highest BCUT2D eigenvalue weighted by atomic mass is 16.7. The predicted molar refractivity (Wildman–Crippen MR) is 405 cm³/mol. The second-order valence-electron chi connectivity index (χ2n) is 28.2. The average Bonchev–Trinajstić information content (AvgIpc) is 0.832. The number of unbranched alkanes of at least 4 members (excludes halogenated alkanes) is 6. The van der Waals surface area contributed by atoms with E-state index in [4.69, 9.17) is 61.6 Å². The fourth-order valence-corrected chi connectivity index (χ4v) is 11.8. The minimum absolute atomic E-state index is 0.0119. The van der Waals surface area contributed by atoms with Crippen LogP contribution in [0.15, 0.2) is 0 Å². The number of hydrogen-bond donors (Lipinski definition) is 22. The molecule has 0 aromatic carbocycles. The maximum absolute atomic E-state index is 13.9. The topological polar surface area (TPSA) is 645 Å². The number of amides is 9. The van der Waals surface area contributed by atoms with Crippen molar-refractivity contribution < 1.29 is 171 Å². The van der Waals surface area contributed by atoms with Crippen molar-refractivity contribution >= 4 is 53.2 Å². The molecule has 18 atom stereocenters. The summed E-state index contributed by atoms with van der Waals surface area (Å²) in [5.74, 6) is -4.48. The predicted octanol–water partition coefficient (Wildman–Crippen LogP) is -9.40. The minimum Gasteiger partial charge on any atom is -0.396 e. The molecule has 0 spiro atoms. The van der Waals surface area contributed by atoms with Gasteiger partial charge in [-0.3, -0.25) is 43.2 Å². The first-order valence-electron chi connectivity index (χ1n) is 40.1. The summed E-state index contributed by atoms with van der Waals surface area (Å²) in [7, 11) is 1.53. The number of carbonyl (C=O) groups is 9. The van der Waals surface area contributed by atoms with Crippen LogP contribution in [0.25, 0.3) is 0 Å². The molecule has 3 aliphatic rings. The zero-order valence-electron chi connectivity index (χ0n) is 67.0. The highest BCUT2D eigenvalue weighted by Crippen LogP contribution is 2.25. The van der Waals surface area contributed by atoms with Gasteiger partial charge in [-0.1, -0.05) is 6.42 Å². The van der Waals surface area contributed by atoms with Crippen molar-refractivity contribution in [1.29, 1.82) is 0 Å². The van der Waals surface area contributed by atoms with Crippen molar-refractivity contribution in [3.05, 3.63) is 0 Å². The van der Waals surface area contributed by atoms with Gasteiger partial charge in [0.05, 0.1) is 92.4 Å². The van der Waals surface area contributed by atoms with Gasteiger partial charge in [0.15, 0.2) is 18.9 Å².